The molecule has 0 amide bonds. The number of hydrogen-bond acceptors (Lipinski definition) is 5. The summed E-state index contributed by atoms with van der Waals surface area (Å²) in [5, 5.41) is 6.60. The van der Waals surface area contributed by atoms with Crippen molar-refractivity contribution in [2.24, 2.45) is 0 Å². The molecule has 94 valence electrons. The Hall–Kier alpha value is -1.36. The van der Waals surface area contributed by atoms with Gasteiger partial charge >= 0.3 is 0 Å². The van der Waals surface area contributed by atoms with Crippen LogP contribution in [0.5, 0.6) is 0 Å². The van der Waals surface area contributed by atoms with Crippen LogP contribution >= 0.6 is 0 Å². The summed E-state index contributed by atoms with van der Waals surface area (Å²) in [5.41, 5.74) is 0. The van der Waals surface area contributed by atoms with Crippen molar-refractivity contribution in [3.05, 3.63) is 12.4 Å². The van der Waals surface area contributed by atoms with Crippen LogP contribution in [0, 0.1) is 0 Å². The van der Waals surface area contributed by atoms with Gasteiger partial charge in [-0.05, 0) is 19.9 Å². The van der Waals surface area contributed by atoms with E-state index in [9.17, 15) is 0 Å². The average Bonchev–Trinajstić information content (AvgIpc) is 2.85. The van der Waals surface area contributed by atoms with Gasteiger partial charge in [-0.25, -0.2) is 9.97 Å². The van der Waals surface area contributed by atoms with Crippen molar-refractivity contribution in [2.75, 3.05) is 36.9 Å². The van der Waals surface area contributed by atoms with Crippen molar-refractivity contribution in [3.8, 4) is 0 Å². The third kappa shape index (κ3) is 3.06. The van der Waals surface area contributed by atoms with Crippen LogP contribution in [0.25, 0.3) is 0 Å². The quantitative estimate of drug-likeness (QED) is 0.800. The predicted molar refractivity (Wildman–Crippen MR) is 70.5 cm³/mol. The molecule has 0 aliphatic carbocycles. The molecule has 1 aromatic heterocycles. The van der Waals surface area contributed by atoms with E-state index < -0.39 is 0 Å². The van der Waals surface area contributed by atoms with Crippen LogP contribution < -0.4 is 15.5 Å². The van der Waals surface area contributed by atoms with Gasteiger partial charge in [0.05, 0.1) is 0 Å². The van der Waals surface area contributed by atoms with Gasteiger partial charge in [0.15, 0.2) is 0 Å². The first-order valence-corrected chi connectivity index (χ1v) is 6.31. The van der Waals surface area contributed by atoms with Gasteiger partial charge < -0.3 is 15.5 Å². The van der Waals surface area contributed by atoms with Crippen molar-refractivity contribution in [1.82, 2.24) is 15.3 Å². The molecule has 0 spiro atoms. The van der Waals surface area contributed by atoms with E-state index in [1.165, 1.54) is 6.42 Å². The number of likely N-dealkylation sites (N-methyl/N-ethyl adjacent to an activating group) is 1. The first-order valence-electron chi connectivity index (χ1n) is 6.31. The standard InChI is InChI=1S/C12H21N5/c1-3-5-14-11-7-12(16-9-15-11)17-6-4-10(8-17)13-2/h7,9-10,13H,3-6,8H2,1-2H3,(H,14,15,16)/t10-/m1/s1. The van der Waals surface area contributed by atoms with Crippen molar-refractivity contribution in [3.63, 3.8) is 0 Å². The molecule has 2 N–H and O–H groups in total. The molecule has 5 nitrogen and oxygen atoms in total. The van der Waals surface area contributed by atoms with Crippen molar-refractivity contribution in [1.29, 1.82) is 0 Å². The average molecular weight is 235 g/mol. The minimum absolute atomic E-state index is 0.581. The summed E-state index contributed by atoms with van der Waals surface area (Å²) >= 11 is 0. The lowest BCUT2D eigenvalue weighted by atomic mass is 10.3. The Bertz CT molecular complexity index is 355. The second kappa shape index (κ2) is 5.82. The number of aromatic nitrogens is 2. The van der Waals surface area contributed by atoms with Gasteiger partial charge in [0.1, 0.15) is 18.0 Å². The highest BCUT2D eigenvalue weighted by atomic mass is 15.2. The largest absolute Gasteiger partial charge is 0.370 e. The minimum Gasteiger partial charge on any atom is -0.370 e. The van der Waals surface area contributed by atoms with Crippen molar-refractivity contribution >= 4 is 11.6 Å². The van der Waals surface area contributed by atoms with Gasteiger partial charge in [0.25, 0.3) is 0 Å². The molecule has 1 aromatic rings. The summed E-state index contributed by atoms with van der Waals surface area (Å²) in [6, 6.07) is 2.62. The SMILES string of the molecule is CCCNc1cc(N2CC[C@@H](NC)C2)ncn1. The zero-order valence-electron chi connectivity index (χ0n) is 10.6. The maximum atomic E-state index is 4.35. The Labute approximate surface area is 103 Å². The molecule has 1 aliphatic rings. The molecule has 2 rings (SSSR count). The fourth-order valence-electron chi connectivity index (χ4n) is 2.07. The number of nitrogens with one attached hydrogen (secondary N) is 2. The van der Waals surface area contributed by atoms with Crippen LogP contribution in [0.2, 0.25) is 0 Å². The highest BCUT2D eigenvalue weighted by Crippen LogP contribution is 2.19. The van der Waals surface area contributed by atoms with Crippen LogP contribution in [0.1, 0.15) is 19.8 Å². The zero-order chi connectivity index (χ0) is 12.1. The maximum absolute atomic E-state index is 4.35. The van der Waals surface area contributed by atoms with Gasteiger partial charge in [-0.2, -0.15) is 0 Å². The smallest absolute Gasteiger partial charge is 0.134 e. The van der Waals surface area contributed by atoms with E-state index in [0.29, 0.717) is 6.04 Å². The molecule has 1 saturated heterocycles. The molecule has 0 unspecified atom stereocenters. The fraction of sp³-hybridized carbons (Fsp3) is 0.667. The molecule has 5 heteroatoms. The molecular formula is C12H21N5. The van der Waals surface area contributed by atoms with Gasteiger partial charge in [0.2, 0.25) is 0 Å². The van der Waals surface area contributed by atoms with E-state index in [-0.39, 0.29) is 0 Å². The summed E-state index contributed by atoms with van der Waals surface area (Å²) < 4.78 is 0. The van der Waals surface area contributed by atoms with E-state index in [0.717, 1.165) is 37.7 Å². The van der Waals surface area contributed by atoms with Crippen LogP contribution in [-0.4, -0.2) is 42.7 Å². The first kappa shape index (κ1) is 12.1. The third-order valence-electron chi connectivity index (χ3n) is 3.13. The summed E-state index contributed by atoms with van der Waals surface area (Å²) in [5.74, 6) is 1.95. The third-order valence-corrected chi connectivity index (χ3v) is 3.13. The molecule has 1 atom stereocenters. The van der Waals surface area contributed by atoms with E-state index in [1.54, 1.807) is 6.33 Å². The van der Waals surface area contributed by atoms with Gasteiger partial charge in [-0.1, -0.05) is 6.92 Å². The Balaban J connectivity index is 2.01. The normalized spacial score (nSPS) is 19.6. The molecular weight excluding hydrogens is 214 g/mol. The summed E-state index contributed by atoms with van der Waals surface area (Å²) in [6.07, 6.45) is 3.92. The molecule has 17 heavy (non-hydrogen) atoms. The number of rotatable bonds is 5. The first-order chi connectivity index (χ1) is 8.33. The van der Waals surface area contributed by atoms with Crippen LogP contribution in [0.3, 0.4) is 0 Å². The number of hydrogen-bond donors (Lipinski definition) is 2. The second-order valence-electron chi connectivity index (χ2n) is 4.41. The lowest BCUT2D eigenvalue weighted by Crippen LogP contribution is -2.29. The molecule has 0 aromatic carbocycles. The van der Waals surface area contributed by atoms with Crippen LogP contribution in [-0.2, 0) is 0 Å². The zero-order valence-corrected chi connectivity index (χ0v) is 10.6. The highest BCUT2D eigenvalue weighted by Gasteiger charge is 2.22. The van der Waals surface area contributed by atoms with Gasteiger partial charge in [0, 0.05) is 31.7 Å². The topological polar surface area (TPSA) is 53.1 Å². The highest BCUT2D eigenvalue weighted by molar-refractivity contribution is 5.49. The molecule has 1 fully saturated rings. The maximum Gasteiger partial charge on any atom is 0.134 e. The molecule has 0 bridgehead atoms. The number of nitrogens with zero attached hydrogens (tertiary/aromatic N) is 3. The Morgan fingerprint density at radius 3 is 3.06 bits per heavy atom. The molecule has 0 radical (unpaired) electrons. The Morgan fingerprint density at radius 1 is 1.47 bits per heavy atom. The van der Waals surface area contributed by atoms with Crippen molar-refractivity contribution < 1.29 is 0 Å². The van der Waals surface area contributed by atoms with Crippen LogP contribution in [0.4, 0.5) is 11.6 Å². The van der Waals surface area contributed by atoms with E-state index in [4.69, 9.17) is 0 Å². The minimum atomic E-state index is 0.581. The van der Waals surface area contributed by atoms with Gasteiger partial charge in [-0.3, -0.25) is 0 Å². The Morgan fingerprint density at radius 2 is 2.35 bits per heavy atom. The lowest BCUT2D eigenvalue weighted by Gasteiger charge is -2.17. The summed E-state index contributed by atoms with van der Waals surface area (Å²) in [4.78, 5) is 10.9. The lowest BCUT2D eigenvalue weighted by molar-refractivity contribution is 0.616. The fourth-order valence-corrected chi connectivity index (χ4v) is 2.07. The predicted octanol–water partition coefficient (Wildman–Crippen LogP) is 1.10. The monoisotopic (exact) mass is 235 g/mol. The van der Waals surface area contributed by atoms with Crippen molar-refractivity contribution in [2.45, 2.75) is 25.8 Å². The van der Waals surface area contributed by atoms with Gasteiger partial charge in [-0.15, -0.1) is 0 Å². The van der Waals surface area contributed by atoms with E-state index in [2.05, 4.69) is 32.4 Å². The van der Waals surface area contributed by atoms with Crippen LogP contribution in [0.15, 0.2) is 12.4 Å². The number of anilines is 2. The van der Waals surface area contributed by atoms with E-state index >= 15 is 0 Å². The molecule has 2 heterocycles. The van der Waals surface area contributed by atoms with E-state index in [1.807, 2.05) is 13.1 Å². The summed E-state index contributed by atoms with van der Waals surface area (Å²) in [7, 11) is 2.02. The Kier molecular flexibility index (Phi) is 4.14. The second-order valence-corrected chi connectivity index (χ2v) is 4.41. The molecule has 1 aliphatic heterocycles. The summed E-state index contributed by atoms with van der Waals surface area (Å²) in [6.45, 7) is 5.19. The molecule has 0 saturated carbocycles.